The molecule has 0 aliphatic carbocycles. The molecule has 25 heavy (non-hydrogen) atoms. The summed E-state index contributed by atoms with van der Waals surface area (Å²) in [6.07, 6.45) is 1.89. The van der Waals surface area contributed by atoms with E-state index in [0.717, 1.165) is 21.2 Å². The molecular formula is C21H18BrN3. The number of hydrazone groups is 1. The summed E-state index contributed by atoms with van der Waals surface area (Å²) in [5.74, 6) is 0. The number of aromatic amines is 1. The smallest absolute Gasteiger partial charge is 0.0561 e. The maximum atomic E-state index is 4.41. The predicted octanol–water partition coefficient (Wildman–Crippen LogP) is 6.15. The van der Waals surface area contributed by atoms with Crippen LogP contribution in [0.3, 0.4) is 0 Å². The highest BCUT2D eigenvalue weighted by atomic mass is 79.9. The van der Waals surface area contributed by atoms with Crippen LogP contribution in [-0.4, -0.2) is 11.2 Å². The number of H-pyrrole nitrogens is 1. The molecule has 2 N–H and O–H groups in total. The number of fused-ring (bicyclic) bond motifs is 3. The van der Waals surface area contributed by atoms with Gasteiger partial charge in [0.25, 0.3) is 0 Å². The average molecular weight is 392 g/mol. The number of aromatic nitrogens is 1. The molecule has 1 aromatic heterocycles. The fourth-order valence-corrected chi connectivity index (χ4v) is 3.59. The number of hydrogen-bond donors (Lipinski definition) is 2. The van der Waals surface area contributed by atoms with E-state index in [1.54, 1.807) is 0 Å². The number of halogens is 1. The van der Waals surface area contributed by atoms with E-state index in [0.29, 0.717) is 0 Å². The van der Waals surface area contributed by atoms with Crippen molar-refractivity contribution >= 4 is 49.6 Å². The Morgan fingerprint density at radius 2 is 1.84 bits per heavy atom. The van der Waals surface area contributed by atoms with Crippen LogP contribution in [0.1, 0.15) is 16.7 Å². The van der Waals surface area contributed by atoms with Crippen molar-refractivity contribution in [1.29, 1.82) is 0 Å². The van der Waals surface area contributed by atoms with Crippen molar-refractivity contribution in [3.63, 3.8) is 0 Å². The van der Waals surface area contributed by atoms with Crippen molar-refractivity contribution in [2.75, 3.05) is 5.43 Å². The quantitative estimate of drug-likeness (QED) is 0.319. The molecule has 3 aromatic carbocycles. The highest BCUT2D eigenvalue weighted by Crippen LogP contribution is 2.33. The summed E-state index contributed by atoms with van der Waals surface area (Å²) < 4.78 is 1.09. The molecule has 0 saturated heterocycles. The second-order valence-corrected chi connectivity index (χ2v) is 7.12. The fourth-order valence-electron chi connectivity index (χ4n) is 3.23. The first-order chi connectivity index (χ1) is 12.1. The molecular weight excluding hydrogens is 374 g/mol. The van der Waals surface area contributed by atoms with Crippen LogP contribution in [0.5, 0.6) is 0 Å². The highest BCUT2D eigenvalue weighted by Gasteiger charge is 2.12. The summed E-state index contributed by atoms with van der Waals surface area (Å²) in [6.45, 7) is 4.29. The SMILES string of the molecule is Cc1cc(C=NNc2ccccc2)c(C)c2c1[nH]c1ccc(Br)cc12. The number of benzene rings is 3. The molecule has 0 aliphatic rings. The number of para-hydroxylation sites is 1. The van der Waals surface area contributed by atoms with Gasteiger partial charge in [0, 0.05) is 26.3 Å². The van der Waals surface area contributed by atoms with Crippen LogP contribution in [0.15, 0.2) is 64.2 Å². The number of anilines is 1. The number of nitrogens with zero attached hydrogens (tertiary/aromatic N) is 1. The third-order valence-electron chi connectivity index (χ3n) is 4.51. The normalized spacial score (nSPS) is 11.6. The topological polar surface area (TPSA) is 40.2 Å². The summed E-state index contributed by atoms with van der Waals surface area (Å²) >= 11 is 3.58. The Kier molecular flexibility index (Phi) is 4.06. The monoisotopic (exact) mass is 391 g/mol. The van der Waals surface area contributed by atoms with Gasteiger partial charge in [0.15, 0.2) is 0 Å². The molecule has 0 amide bonds. The number of aryl methyl sites for hydroxylation is 2. The van der Waals surface area contributed by atoms with Crippen molar-refractivity contribution in [1.82, 2.24) is 4.98 Å². The number of hydrogen-bond acceptors (Lipinski definition) is 2. The van der Waals surface area contributed by atoms with Gasteiger partial charge in [0.05, 0.1) is 11.9 Å². The van der Waals surface area contributed by atoms with Gasteiger partial charge in [-0.3, -0.25) is 5.43 Å². The number of nitrogens with one attached hydrogen (secondary N) is 2. The first-order valence-corrected chi connectivity index (χ1v) is 8.98. The van der Waals surface area contributed by atoms with E-state index in [1.807, 2.05) is 36.5 Å². The average Bonchev–Trinajstić information content (AvgIpc) is 2.99. The molecule has 0 atom stereocenters. The Hall–Kier alpha value is -2.59. The molecule has 3 nitrogen and oxygen atoms in total. The zero-order valence-corrected chi connectivity index (χ0v) is 15.7. The largest absolute Gasteiger partial charge is 0.354 e. The molecule has 0 radical (unpaired) electrons. The van der Waals surface area contributed by atoms with Crippen LogP contribution < -0.4 is 5.43 Å². The standard InChI is InChI=1S/C21H18BrN3/c1-13-10-15(12-23-25-17-6-4-3-5-7-17)14(2)20-18-11-16(22)8-9-19(18)24-21(13)20/h3-12,24-25H,1-2H3. The van der Waals surface area contributed by atoms with E-state index < -0.39 is 0 Å². The molecule has 0 unspecified atom stereocenters. The minimum atomic E-state index is 0.977. The third kappa shape index (κ3) is 2.94. The van der Waals surface area contributed by atoms with Crippen LogP contribution in [0, 0.1) is 13.8 Å². The molecule has 4 aromatic rings. The molecule has 0 saturated carbocycles. The van der Waals surface area contributed by atoms with Gasteiger partial charge < -0.3 is 4.98 Å². The first kappa shape index (κ1) is 15.9. The van der Waals surface area contributed by atoms with E-state index in [9.17, 15) is 0 Å². The molecule has 0 spiro atoms. The minimum absolute atomic E-state index is 0.977. The maximum Gasteiger partial charge on any atom is 0.0561 e. The van der Waals surface area contributed by atoms with Gasteiger partial charge >= 0.3 is 0 Å². The molecule has 124 valence electrons. The van der Waals surface area contributed by atoms with E-state index in [1.165, 1.54) is 27.4 Å². The Balaban J connectivity index is 1.80. The van der Waals surface area contributed by atoms with E-state index in [-0.39, 0.29) is 0 Å². The summed E-state index contributed by atoms with van der Waals surface area (Å²) in [7, 11) is 0. The van der Waals surface area contributed by atoms with Crippen molar-refractivity contribution in [3.05, 3.63) is 75.8 Å². The van der Waals surface area contributed by atoms with Gasteiger partial charge in [-0.1, -0.05) is 34.1 Å². The van der Waals surface area contributed by atoms with Gasteiger partial charge in [0.2, 0.25) is 0 Å². The predicted molar refractivity (Wildman–Crippen MR) is 111 cm³/mol. The van der Waals surface area contributed by atoms with Gasteiger partial charge in [0.1, 0.15) is 0 Å². The van der Waals surface area contributed by atoms with Crippen LogP contribution in [0.2, 0.25) is 0 Å². The lowest BCUT2D eigenvalue weighted by Crippen LogP contribution is -1.94. The lowest BCUT2D eigenvalue weighted by molar-refractivity contribution is 1.34. The maximum absolute atomic E-state index is 4.41. The van der Waals surface area contributed by atoms with Gasteiger partial charge in [-0.25, -0.2) is 0 Å². The van der Waals surface area contributed by atoms with E-state index in [2.05, 4.69) is 69.6 Å². The van der Waals surface area contributed by atoms with Crippen LogP contribution in [-0.2, 0) is 0 Å². The lowest BCUT2D eigenvalue weighted by Gasteiger charge is -2.06. The molecule has 4 heteroatoms. The molecule has 0 aliphatic heterocycles. The zero-order valence-electron chi connectivity index (χ0n) is 14.1. The highest BCUT2D eigenvalue weighted by molar-refractivity contribution is 9.10. The van der Waals surface area contributed by atoms with Crippen LogP contribution >= 0.6 is 15.9 Å². The summed E-state index contributed by atoms with van der Waals surface area (Å²) in [4.78, 5) is 3.54. The lowest BCUT2D eigenvalue weighted by atomic mass is 9.99. The first-order valence-electron chi connectivity index (χ1n) is 8.19. The molecule has 0 bridgehead atoms. The molecule has 0 fully saturated rings. The van der Waals surface area contributed by atoms with Crippen LogP contribution in [0.4, 0.5) is 5.69 Å². The Morgan fingerprint density at radius 1 is 1.04 bits per heavy atom. The van der Waals surface area contributed by atoms with Crippen LogP contribution in [0.25, 0.3) is 21.8 Å². The number of rotatable bonds is 3. The van der Waals surface area contributed by atoms with E-state index in [4.69, 9.17) is 0 Å². The Labute approximate surface area is 154 Å². The van der Waals surface area contributed by atoms with Crippen molar-refractivity contribution in [2.45, 2.75) is 13.8 Å². The Bertz CT molecular complexity index is 1090. The van der Waals surface area contributed by atoms with Crippen molar-refractivity contribution in [2.24, 2.45) is 5.10 Å². The summed E-state index contributed by atoms with van der Waals surface area (Å²) in [5.41, 5.74) is 9.97. The summed E-state index contributed by atoms with van der Waals surface area (Å²) in [6, 6.07) is 18.5. The second kappa shape index (κ2) is 6.37. The fraction of sp³-hybridized carbons (Fsp3) is 0.0952. The van der Waals surface area contributed by atoms with Gasteiger partial charge in [-0.15, -0.1) is 0 Å². The van der Waals surface area contributed by atoms with Gasteiger partial charge in [-0.05, 0) is 66.9 Å². The zero-order chi connectivity index (χ0) is 17.4. The molecule has 4 rings (SSSR count). The Morgan fingerprint density at radius 3 is 2.64 bits per heavy atom. The van der Waals surface area contributed by atoms with Crippen molar-refractivity contribution in [3.8, 4) is 0 Å². The molecule has 1 heterocycles. The van der Waals surface area contributed by atoms with Crippen molar-refractivity contribution < 1.29 is 0 Å². The third-order valence-corrected chi connectivity index (χ3v) is 5.00. The minimum Gasteiger partial charge on any atom is -0.354 e. The van der Waals surface area contributed by atoms with Gasteiger partial charge in [-0.2, -0.15) is 5.10 Å². The second-order valence-electron chi connectivity index (χ2n) is 6.21. The summed E-state index contributed by atoms with van der Waals surface area (Å²) in [5, 5.41) is 6.90. The van der Waals surface area contributed by atoms with E-state index >= 15 is 0 Å².